The van der Waals surface area contributed by atoms with Crippen LogP contribution in [0, 0.1) is 0 Å². The molecule has 24 heavy (non-hydrogen) atoms. The molecule has 0 heterocycles. The first-order valence-corrected chi connectivity index (χ1v) is 7.59. The molecule has 0 bridgehead atoms. The van der Waals surface area contributed by atoms with Crippen molar-refractivity contribution < 1.29 is 58.8 Å². The zero-order valence-corrected chi connectivity index (χ0v) is 17.1. The Labute approximate surface area is 171 Å². The molecule has 0 fully saturated rings. The van der Waals surface area contributed by atoms with E-state index < -0.39 is 0 Å². The van der Waals surface area contributed by atoms with E-state index in [1.165, 1.54) is 51.4 Å². The van der Waals surface area contributed by atoms with Gasteiger partial charge in [0, 0.05) is 39.0 Å². The summed E-state index contributed by atoms with van der Waals surface area (Å²) in [5, 5.41) is 13.8. The molecule has 0 atom stereocenters. The summed E-state index contributed by atoms with van der Waals surface area (Å²) < 4.78 is 0. The van der Waals surface area contributed by atoms with E-state index in [9.17, 15) is 0 Å². The number of allylic oxidation sites excluding steroid dienone is 8. The van der Waals surface area contributed by atoms with Crippen molar-refractivity contribution in [3.63, 3.8) is 0 Å². The average Bonchev–Trinajstić information content (AvgIpc) is 2.39. The minimum Gasteiger partial charge on any atom is -0.483 e. The van der Waals surface area contributed by atoms with Crippen molar-refractivity contribution in [2.24, 2.45) is 0 Å². The quantitative estimate of drug-likeness (QED) is 0.278. The molecule has 0 unspecified atom stereocenters. The molecule has 2 aliphatic carbocycles. The van der Waals surface area contributed by atoms with Crippen LogP contribution in [0.15, 0.2) is 48.6 Å². The van der Waals surface area contributed by atoms with E-state index in [-0.39, 0.29) is 51.9 Å². The third-order valence-corrected chi connectivity index (χ3v) is 2.67. The van der Waals surface area contributed by atoms with Gasteiger partial charge in [-0.05, 0) is 51.4 Å². The van der Waals surface area contributed by atoms with Crippen LogP contribution >= 0.6 is 0 Å². The summed E-state index contributed by atoms with van der Waals surface area (Å²) in [5.74, 6) is 0. The molecule has 2 rings (SSSR count). The van der Waals surface area contributed by atoms with Gasteiger partial charge in [0.1, 0.15) is 0 Å². The molecular formula is C18H28O4Rh2. The third kappa shape index (κ3) is 37.4. The van der Waals surface area contributed by atoms with E-state index in [0.29, 0.717) is 0 Å². The summed E-state index contributed by atoms with van der Waals surface area (Å²) in [6.45, 7) is -0.500. The van der Waals surface area contributed by atoms with Gasteiger partial charge in [-0.1, -0.05) is 48.6 Å². The van der Waals surface area contributed by atoms with Crippen molar-refractivity contribution in [3.8, 4) is 0 Å². The fraction of sp³-hybridized carbons (Fsp3) is 0.444. The molecule has 142 valence electrons. The predicted octanol–water partition coefficient (Wildman–Crippen LogP) is 4.74. The van der Waals surface area contributed by atoms with Crippen LogP contribution in [0.25, 0.3) is 0 Å². The maximum atomic E-state index is 8.36. The summed E-state index contributed by atoms with van der Waals surface area (Å²) in [6, 6.07) is 0. The molecular weight excluding hydrogens is 486 g/mol. The Kier molecular flexibility index (Phi) is 43.5. The second-order valence-corrected chi connectivity index (χ2v) is 4.41. The summed E-state index contributed by atoms with van der Waals surface area (Å²) in [4.78, 5) is 16.7. The Morgan fingerprint density at radius 3 is 0.625 bits per heavy atom. The van der Waals surface area contributed by atoms with Gasteiger partial charge in [0.2, 0.25) is 0 Å². The van der Waals surface area contributed by atoms with Crippen LogP contribution in [0.1, 0.15) is 51.4 Å². The van der Waals surface area contributed by atoms with Gasteiger partial charge in [-0.25, -0.2) is 0 Å². The Balaban J connectivity index is -0.000000119. The first-order chi connectivity index (χ1) is 10.8. The first-order valence-electron chi connectivity index (χ1n) is 7.59. The van der Waals surface area contributed by atoms with Crippen LogP contribution in [0.4, 0.5) is 0 Å². The average molecular weight is 514 g/mol. The Bertz CT molecular complexity index is 265. The van der Waals surface area contributed by atoms with Gasteiger partial charge in [-0.2, -0.15) is 0 Å². The Morgan fingerprint density at radius 1 is 0.458 bits per heavy atom. The Morgan fingerprint density at radius 2 is 0.542 bits per heavy atom. The van der Waals surface area contributed by atoms with Gasteiger partial charge < -0.3 is 10.2 Å². The number of rotatable bonds is 0. The van der Waals surface area contributed by atoms with E-state index >= 15 is 0 Å². The maximum Gasteiger partial charge on any atom is 0.290 e. The van der Waals surface area contributed by atoms with Gasteiger partial charge in [-0.3, -0.25) is 9.59 Å². The van der Waals surface area contributed by atoms with E-state index in [1.807, 2.05) is 0 Å². The van der Waals surface area contributed by atoms with Crippen molar-refractivity contribution in [3.05, 3.63) is 48.6 Å². The van der Waals surface area contributed by atoms with Gasteiger partial charge in [0.15, 0.2) is 0 Å². The van der Waals surface area contributed by atoms with Gasteiger partial charge in [-0.15, -0.1) is 0 Å². The number of hydrogen-bond acceptors (Lipinski definition) is 2. The fourth-order valence-electron chi connectivity index (χ4n) is 1.71. The normalized spacial score (nSPS) is 19.7. The van der Waals surface area contributed by atoms with Gasteiger partial charge in [0.25, 0.3) is 12.9 Å². The van der Waals surface area contributed by atoms with Crippen LogP contribution in [-0.2, 0) is 48.5 Å². The summed E-state index contributed by atoms with van der Waals surface area (Å²) in [7, 11) is 0. The van der Waals surface area contributed by atoms with Crippen molar-refractivity contribution in [1.29, 1.82) is 0 Å². The summed E-state index contributed by atoms with van der Waals surface area (Å²) in [6.07, 6.45) is 28.0. The molecule has 2 radical (unpaired) electrons. The number of carbonyl (C=O) groups is 2. The first kappa shape index (κ1) is 31.0. The second kappa shape index (κ2) is 33.7. The smallest absolute Gasteiger partial charge is 0.290 e. The van der Waals surface area contributed by atoms with Gasteiger partial charge in [0.05, 0.1) is 0 Å². The van der Waals surface area contributed by atoms with Crippen LogP contribution in [0.5, 0.6) is 0 Å². The zero-order chi connectivity index (χ0) is 16.7. The predicted molar refractivity (Wildman–Crippen MR) is 90.9 cm³/mol. The molecule has 0 aliphatic heterocycles. The summed E-state index contributed by atoms with van der Waals surface area (Å²) in [5.41, 5.74) is 0. The zero-order valence-electron chi connectivity index (χ0n) is 13.8. The van der Waals surface area contributed by atoms with Gasteiger partial charge >= 0.3 is 0 Å². The fourth-order valence-corrected chi connectivity index (χ4v) is 1.71. The van der Waals surface area contributed by atoms with Crippen molar-refractivity contribution in [2.75, 3.05) is 0 Å². The van der Waals surface area contributed by atoms with E-state index in [1.54, 1.807) is 0 Å². The molecule has 0 aromatic rings. The van der Waals surface area contributed by atoms with E-state index in [4.69, 9.17) is 19.8 Å². The SMILES string of the molecule is C1=C\CC/C=C\CC/1.C1=C\CC/C=C\CC/1.O=CO.O=CO.[Rh].[Rh]. The van der Waals surface area contributed by atoms with Crippen LogP contribution in [0.3, 0.4) is 0 Å². The molecule has 0 aromatic heterocycles. The largest absolute Gasteiger partial charge is 0.483 e. The number of carboxylic acid groups (broad SMARTS) is 2. The minimum absolute atomic E-state index is 0. The molecule has 2 N–H and O–H groups in total. The van der Waals surface area contributed by atoms with Crippen LogP contribution in [0.2, 0.25) is 0 Å². The standard InChI is InChI=1S/2C8H12.2CH2O2.2Rh/c2*1-2-4-6-8-7-5-3-1;2*2-1-3;;/h2*1-2,7-8H,3-6H2;2*1H,(H,2,3);;/b2*2-1-,8-7-;;;;. The molecule has 2 aliphatic rings. The molecule has 0 saturated carbocycles. The van der Waals surface area contributed by atoms with Crippen molar-refractivity contribution in [1.82, 2.24) is 0 Å². The van der Waals surface area contributed by atoms with E-state index in [2.05, 4.69) is 48.6 Å². The molecule has 0 aromatic carbocycles. The molecule has 0 spiro atoms. The van der Waals surface area contributed by atoms with Crippen molar-refractivity contribution in [2.45, 2.75) is 51.4 Å². The Hall–Kier alpha value is -0.853. The maximum absolute atomic E-state index is 8.36. The molecule has 4 nitrogen and oxygen atoms in total. The third-order valence-electron chi connectivity index (χ3n) is 2.67. The molecule has 6 heteroatoms. The minimum atomic E-state index is -0.250. The monoisotopic (exact) mass is 514 g/mol. The van der Waals surface area contributed by atoms with Crippen LogP contribution < -0.4 is 0 Å². The van der Waals surface area contributed by atoms with Crippen LogP contribution in [-0.4, -0.2) is 23.2 Å². The molecule has 0 amide bonds. The summed E-state index contributed by atoms with van der Waals surface area (Å²) >= 11 is 0. The topological polar surface area (TPSA) is 74.6 Å². The molecule has 0 saturated heterocycles. The second-order valence-electron chi connectivity index (χ2n) is 4.41. The van der Waals surface area contributed by atoms with Crippen molar-refractivity contribution >= 4 is 12.9 Å². The number of hydrogen-bond donors (Lipinski definition) is 2. The van der Waals surface area contributed by atoms with E-state index in [0.717, 1.165) is 0 Å².